The number of carbonyl (C=O) groups excluding carboxylic acids is 1. The highest BCUT2D eigenvalue weighted by Crippen LogP contribution is 2.27. The van der Waals surface area contributed by atoms with Gasteiger partial charge in [-0.3, -0.25) is 0 Å². The molecule has 1 saturated carbocycles. The van der Waals surface area contributed by atoms with E-state index < -0.39 is 12.0 Å². The maximum absolute atomic E-state index is 12.5. The van der Waals surface area contributed by atoms with Gasteiger partial charge in [-0.25, -0.2) is 9.59 Å². The third-order valence-electron chi connectivity index (χ3n) is 3.77. The van der Waals surface area contributed by atoms with Crippen LogP contribution in [0.15, 0.2) is 0 Å². The van der Waals surface area contributed by atoms with Crippen molar-refractivity contribution in [3.63, 3.8) is 0 Å². The van der Waals surface area contributed by atoms with E-state index in [9.17, 15) is 9.59 Å². The number of nitrogens with zero attached hydrogens (tertiary/aromatic N) is 2. The van der Waals surface area contributed by atoms with Crippen LogP contribution in [0.25, 0.3) is 0 Å². The predicted molar refractivity (Wildman–Crippen MR) is 72.0 cm³/mol. The van der Waals surface area contributed by atoms with Gasteiger partial charge in [0, 0.05) is 18.3 Å². The first-order chi connectivity index (χ1) is 9.15. The average Bonchev–Trinajstić information content (AvgIpc) is 3.05. The van der Waals surface area contributed by atoms with Crippen LogP contribution in [0.1, 0.15) is 25.7 Å². The number of rotatable bonds is 4. The van der Waals surface area contributed by atoms with Gasteiger partial charge < -0.3 is 20.0 Å². The quantitative estimate of drug-likeness (QED) is 0.800. The topological polar surface area (TPSA) is 81.1 Å². The standard InChI is InChI=1S/C12H20N2O4S/c15-6-5-13(9-3-1-2-4-9)12(18)14-8-19-7-10(14)11(16)17/h9-10,15H,1-8H2,(H,16,17). The van der Waals surface area contributed by atoms with Gasteiger partial charge in [0.1, 0.15) is 6.04 Å². The van der Waals surface area contributed by atoms with E-state index in [1.807, 2.05) is 0 Å². The van der Waals surface area contributed by atoms with Crippen molar-refractivity contribution in [3.05, 3.63) is 0 Å². The lowest BCUT2D eigenvalue weighted by molar-refractivity contribution is -0.141. The van der Waals surface area contributed by atoms with Gasteiger partial charge >= 0.3 is 12.0 Å². The van der Waals surface area contributed by atoms with Crippen LogP contribution in [0.3, 0.4) is 0 Å². The summed E-state index contributed by atoms with van der Waals surface area (Å²) in [5, 5.41) is 18.3. The molecule has 0 aromatic rings. The molecule has 0 aromatic heterocycles. The minimum atomic E-state index is -0.950. The van der Waals surface area contributed by atoms with Crippen LogP contribution in [0, 0.1) is 0 Å². The summed E-state index contributed by atoms with van der Waals surface area (Å²) < 4.78 is 0. The SMILES string of the molecule is O=C(O)C1CSCN1C(=O)N(CCO)C1CCCC1. The Hall–Kier alpha value is -0.950. The Morgan fingerprint density at radius 2 is 2.00 bits per heavy atom. The third kappa shape index (κ3) is 3.14. The number of thioether (sulfide) groups is 1. The molecule has 1 atom stereocenters. The van der Waals surface area contributed by atoms with Gasteiger partial charge in [0.05, 0.1) is 12.5 Å². The van der Waals surface area contributed by atoms with Crippen molar-refractivity contribution in [2.24, 2.45) is 0 Å². The number of aliphatic carboxylic acids is 1. The molecular weight excluding hydrogens is 268 g/mol. The molecule has 108 valence electrons. The molecule has 2 fully saturated rings. The maximum Gasteiger partial charge on any atom is 0.327 e. The smallest absolute Gasteiger partial charge is 0.327 e. The highest BCUT2D eigenvalue weighted by molar-refractivity contribution is 7.99. The summed E-state index contributed by atoms with van der Waals surface area (Å²) in [4.78, 5) is 26.7. The van der Waals surface area contributed by atoms with E-state index in [1.54, 1.807) is 4.90 Å². The van der Waals surface area contributed by atoms with Crippen LogP contribution in [-0.4, -0.2) is 68.9 Å². The second-order valence-electron chi connectivity index (χ2n) is 4.96. The number of urea groups is 1. The van der Waals surface area contributed by atoms with Crippen LogP contribution in [0.2, 0.25) is 0 Å². The Morgan fingerprint density at radius 3 is 2.58 bits per heavy atom. The van der Waals surface area contributed by atoms with E-state index in [-0.39, 0.29) is 25.2 Å². The van der Waals surface area contributed by atoms with Gasteiger partial charge in [-0.2, -0.15) is 0 Å². The van der Waals surface area contributed by atoms with E-state index in [0.29, 0.717) is 11.6 Å². The number of aliphatic hydroxyl groups excluding tert-OH is 1. The molecule has 0 aromatic carbocycles. The fraction of sp³-hybridized carbons (Fsp3) is 0.833. The van der Waals surface area contributed by atoms with Gasteiger partial charge in [0.25, 0.3) is 0 Å². The Balaban J connectivity index is 2.07. The maximum atomic E-state index is 12.5. The van der Waals surface area contributed by atoms with Gasteiger partial charge in [-0.1, -0.05) is 12.8 Å². The van der Waals surface area contributed by atoms with Crippen molar-refractivity contribution < 1.29 is 19.8 Å². The Morgan fingerprint density at radius 1 is 1.32 bits per heavy atom. The number of hydrogen-bond donors (Lipinski definition) is 2. The zero-order valence-corrected chi connectivity index (χ0v) is 11.6. The van der Waals surface area contributed by atoms with Crippen LogP contribution in [0.4, 0.5) is 4.79 Å². The molecule has 2 N–H and O–H groups in total. The molecule has 1 heterocycles. The normalized spacial score (nSPS) is 23.8. The Kier molecular flexibility index (Phi) is 4.93. The van der Waals surface area contributed by atoms with E-state index in [2.05, 4.69) is 0 Å². The van der Waals surface area contributed by atoms with Crippen molar-refractivity contribution in [1.82, 2.24) is 9.80 Å². The molecular formula is C12H20N2O4S. The molecule has 7 heteroatoms. The summed E-state index contributed by atoms with van der Waals surface area (Å²) in [5.41, 5.74) is 0. The number of carboxylic acids is 1. The molecule has 1 unspecified atom stereocenters. The zero-order chi connectivity index (χ0) is 13.8. The van der Waals surface area contributed by atoms with E-state index in [4.69, 9.17) is 10.2 Å². The van der Waals surface area contributed by atoms with Crippen molar-refractivity contribution in [3.8, 4) is 0 Å². The van der Waals surface area contributed by atoms with E-state index in [1.165, 1.54) is 16.7 Å². The molecule has 0 radical (unpaired) electrons. The highest BCUT2D eigenvalue weighted by atomic mass is 32.2. The van der Waals surface area contributed by atoms with Gasteiger partial charge in [0.15, 0.2) is 0 Å². The first kappa shape index (κ1) is 14.5. The summed E-state index contributed by atoms with van der Waals surface area (Å²) in [6.07, 6.45) is 4.09. The second-order valence-corrected chi connectivity index (χ2v) is 5.96. The minimum Gasteiger partial charge on any atom is -0.480 e. The molecule has 1 saturated heterocycles. The largest absolute Gasteiger partial charge is 0.480 e. The predicted octanol–water partition coefficient (Wildman–Crippen LogP) is 0.803. The first-order valence-corrected chi connectivity index (χ1v) is 7.79. The number of carbonyl (C=O) groups is 2. The summed E-state index contributed by atoms with van der Waals surface area (Å²) in [7, 11) is 0. The molecule has 0 spiro atoms. The molecule has 1 aliphatic carbocycles. The molecule has 2 rings (SSSR count). The third-order valence-corrected chi connectivity index (χ3v) is 4.78. The van der Waals surface area contributed by atoms with Crippen LogP contribution in [0.5, 0.6) is 0 Å². The van der Waals surface area contributed by atoms with Crippen molar-refractivity contribution in [1.29, 1.82) is 0 Å². The average molecular weight is 288 g/mol. The number of hydrogen-bond acceptors (Lipinski definition) is 4. The molecule has 2 aliphatic rings. The lowest BCUT2D eigenvalue weighted by Gasteiger charge is -2.33. The van der Waals surface area contributed by atoms with Gasteiger partial charge in [0.2, 0.25) is 0 Å². The summed E-state index contributed by atoms with van der Waals surface area (Å²) >= 11 is 1.46. The van der Waals surface area contributed by atoms with Crippen LogP contribution in [-0.2, 0) is 4.79 Å². The summed E-state index contributed by atoms with van der Waals surface area (Å²) in [6, 6.07) is -0.821. The highest BCUT2D eigenvalue weighted by Gasteiger charge is 2.38. The molecule has 6 nitrogen and oxygen atoms in total. The van der Waals surface area contributed by atoms with Crippen molar-refractivity contribution in [2.45, 2.75) is 37.8 Å². The van der Waals surface area contributed by atoms with Gasteiger partial charge in [-0.15, -0.1) is 11.8 Å². The Labute approximate surface area is 116 Å². The molecule has 0 bridgehead atoms. The van der Waals surface area contributed by atoms with E-state index in [0.717, 1.165) is 25.7 Å². The molecule has 2 amide bonds. The fourth-order valence-electron chi connectivity index (χ4n) is 2.76. The Bertz CT molecular complexity index is 347. The number of carboxylic acid groups (broad SMARTS) is 1. The summed E-state index contributed by atoms with van der Waals surface area (Å²) in [5.74, 6) is -0.0860. The first-order valence-electron chi connectivity index (χ1n) is 6.63. The number of aliphatic hydroxyl groups is 1. The minimum absolute atomic E-state index is 0.0824. The number of amides is 2. The zero-order valence-electron chi connectivity index (χ0n) is 10.8. The molecule has 1 aliphatic heterocycles. The van der Waals surface area contributed by atoms with Crippen molar-refractivity contribution in [2.75, 3.05) is 24.8 Å². The second kappa shape index (κ2) is 6.47. The summed E-state index contributed by atoms with van der Waals surface area (Å²) in [6.45, 7) is 0.206. The van der Waals surface area contributed by atoms with E-state index >= 15 is 0 Å². The lowest BCUT2D eigenvalue weighted by Crippen LogP contribution is -2.52. The monoisotopic (exact) mass is 288 g/mol. The molecule has 19 heavy (non-hydrogen) atoms. The van der Waals surface area contributed by atoms with Gasteiger partial charge in [-0.05, 0) is 12.8 Å². The van der Waals surface area contributed by atoms with Crippen molar-refractivity contribution >= 4 is 23.8 Å². The lowest BCUT2D eigenvalue weighted by atomic mass is 10.2. The fourth-order valence-corrected chi connectivity index (χ4v) is 3.90. The van der Waals surface area contributed by atoms with Crippen LogP contribution >= 0.6 is 11.8 Å². The van der Waals surface area contributed by atoms with Crippen LogP contribution < -0.4 is 0 Å².